The number of carbonyl (C=O) groups is 11. The van der Waals surface area contributed by atoms with Crippen molar-refractivity contribution < 1.29 is 57.8 Å². The van der Waals surface area contributed by atoms with Crippen LogP contribution in [0, 0.1) is 5.92 Å². The first-order chi connectivity index (χ1) is 45.0. The van der Waals surface area contributed by atoms with E-state index < -0.39 is 132 Å². The number of primary amides is 1. The lowest BCUT2D eigenvalue weighted by atomic mass is 9.92. The van der Waals surface area contributed by atoms with E-state index in [2.05, 4.69) is 62.8 Å². The largest absolute Gasteiger partial charge is 0.508 e. The van der Waals surface area contributed by atoms with Crippen molar-refractivity contribution in [2.75, 3.05) is 45.8 Å². The van der Waals surface area contributed by atoms with Crippen LogP contribution in [-0.2, 0) is 72.0 Å². The number of nitrogens with zero attached hydrogens (tertiary/aromatic N) is 4. The number of hydrogen-bond acceptors (Lipinski definition) is 17. The average molecular weight is 1330 g/mol. The second kappa shape index (κ2) is 39.0. The smallest absolute Gasteiger partial charge is 0.247 e. The van der Waals surface area contributed by atoms with E-state index in [-0.39, 0.29) is 133 Å². The minimum atomic E-state index is -1.69. The van der Waals surface area contributed by atoms with Crippen molar-refractivity contribution in [3.05, 3.63) is 65.2 Å². The summed E-state index contributed by atoms with van der Waals surface area (Å²) in [5.41, 5.74) is 51.1. The van der Waals surface area contributed by atoms with Crippen LogP contribution in [0.4, 0.5) is 0 Å². The van der Waals surface area contributed by atoms with Gasteiger partial charge in [0.2, 0.25) is 65.0 Å². The summed E-state index contributed by atoms with van der Waals surface area (Å²) >= 11 is 0. The van der Waals surface area contributed by atoms with Crippen LogP contribution in [0.1, 0.15) is 115 Å². The van der Waals surface area contributed by atoms with Gasteiger partial charge in [-0.15, -0.1) is 0 Å². The van der Waals surface area contributed by atoms with Crippen LogP contribution >= 0.6 is 0 Å². The first-order valence-corrected chi connectivity index (χ1v) is 31.8. The molecule has 8 atom stereocenters. The van der Waals surface area contributed by atoms with Crippen molar-refractivity contribution in [1.82, 2.24) is 52.8 Å². The van der Waals surface area contributed by atoms with Gasteiger partial charge < -0.3 is 109 Å². The highest BCUT2D eigenvalue weighted by Gasteiger charge is 2.47. The van der Waals surface area contributed by atoms with Gasteiger partial charge in [-0.2, -0.15) is 0 Å². The lowest BCUT2D eigenvalue weighted by Gasteiger charge is -2.32. The van der Waals surface area contributed by atoms with E-state index in [1.807, 2.05) is 0 Å². The summed E-state index contributed by atoms with van der Waals surface area (Å²) < 4.78 is 0. The third kappa shape index (κ3) is 26.6. The highest BCUT2D eigenvalue weighted by atomic mass is 16.3. The molecule has 2 aliphatic rings. The second-order valence-corrected chi connectivity index (χ2v) is 24.1. The SMILES string of the molecule is CC(C)C[C@H](NC(=O)C1(NC(=O)CNC(=O)CNC(=O)[C@@H](N)Cc2ccc(O)cc2)Cc2ccccc2C1)C(=O)N[C@@H](CCCN=C(N)N)C(=O)N[C@@H](CCCN=C(N)N)C(=O)N[C@H](C)C(=O)N[C@@H](CCCN=C(N)N)C(=O)N1CCC[C@H]1C(=O)N[C@@H](CCCCN)C(N)=O. The molecule has 1 aliphatic heterocycles. The van der Waals surface area contributed by atoms with Crippen LogP contribution in [-0.4, -0.2) is 193 Å². The van der Waals surface area contributed by atoms with Gasteiger partial charge in [-0.05, 0) is 132 Å². The number of phenolic OH excluding ortho intramolecular Hbond substituents is 1. The molecule has 0 bridgehead atoms. The zero-order chi connectivity index (χ0) is 70.4. The molecule has 4 rings (SSSR count). The molecule has 1 heterocycles. The molecule has 0 spiro atoms. The van der Waals surface area contributed by atoms with E-state index in [0.717, 1.165) is 11.1 Å². The molecule has 95 heavy (non-hydrogen) atoms. The Hall–Kier alpha value is -9.86. The molecule has 28 N–H and O–H groups in total. The Labute approximate surface area is 551 Å². The number of phenols is 1. The maximum atomic E-state index is 14.8. The molecule has 34 nitrogen and oxygen atoms in total. The standard InChI is InChI=1S/C61H98N22O12/c1-34(2)28-45(81-57(95)61(30-37-12-4-5-13-38(37)31-61)82-48(86)33-74-47(85)32-75-51(89)40(63)29-36-19-21-39(84)22-20-36)54(92)79-43(16-9-25-72-59(67)68)53(91)78-42(15-8-24-71-58(65)66)52(90)76-35(3)50(88)80-44(17-10-26-73-60(69)70)56(94)83-27-11-18-46(83)55(93)77-41(49(64)87)14-6-7-23-62/h4-5,12-13,19-22,34-35,40-46,84H,6-11,14-18,23-33,62-63H2,1-3H3,(H2,64,87)(H,74,85)(H,75,89)(H,76,90)(H,77,93)(H,78,91)(H,79,92)(H,80,88)(H,81,95)(H,82,86)(H4,65,66,71)(H4,67,68,72)(H4,69,70,73)/t35-,40+,41+,42+,43+,44+,45+,46+/m1/s1. The molecule has 0 unspecified atom stereocenters. The van der Waals surface area contributed by atoms with Crippen molar-refractivity contribution >= 4 is 82.9 Å². The highest BCUT2D eigenvalue weighted by Crippen LogP contribution is 2.31. The van der Waals surface area contributed by atoms with Crippen LogP contribution in [0.25, 0.3) is 0 Å². The quantitative estimate of drug-likeness (QED) is 0.0168. The lowest BCUT2D eigenvalue weighted by molar-refractivity contribution is -0.142. The number of hydrogen-bond donors (Lipinski definition) is 19. The zero-order valence-electron chi connectivity index (χ0n) is 54.3. The molecule has 0 radical (unpaired) electrons. The van der Waals surface area contributed by atoms with E-state index in [4.69, 9.17) is 51.6 Å². The fraction of sp³-hybridized carbons (Fsp3) is 0.574. The zero-order valence-corrected chi connectivity index (χ0v) is 54.3. The van der Waals surface area contributed by atoms with Gasteiger partial charge in [-0.3, -0.25) is 67.7 Å². The molecule has 1 fully saturated rings. The summed E-state index contributed by atoms with van der Waals surface area (Å²) in [6.07, 6.45) is 2.26. The van der Waals surface area contributed by atoms with Gasteiger partial charge in [0, 0.05) is 39.0 Å². The van der Waals surface area contributed by atoms with Gasteiger partial charge in [0.1, 0.15) is 53.6 Å². The van der Waals surface area contributed by atoms with E-state index in [0.29, 0.717) is 31.4 Å². The van der Waals surface area contributed by atoms with Gasteiger partial charge >= 0.3 is 0 Å². The van der Waals surface area contributed by atoms with Crippen LogP contribution in [0.2, 0.25) is 0 Å². The van der Waals surface area contributed by atoms with Crippen LogP contribution in [0.3, 0.4) is 0 Å². The van der Waals surface area contributed by atoms with E-state index >= 15 is 0 Å². The molecule has 0 aromatic heterocycles. The normalized spacial score (nSPS) is 15.9. The molecule has 0 saturated carbocycles. The Bertz CT molecular complexity index is 3040. The van der Waals surface area contributed by atoms with Crippen LogP contribution in [0.15, 0.2) is 63.5 Å². The van der Waals surface area contributed by atoms with Crippen molar-refractivity contribution in [3.8, 4) is 5.75 Å². The number of benzene rings is 2. The third-order valence-corrected chi connectivity index (χ3v) is 15.8. The number of guanidine groups is 3. The predicted molar refractivity (Wildman–Crippen MR) is 354 cm³/mol. The van der Waals surface area contributed by atoms with Gasteiger partial charge in [-0.25, -0.2) is 0 Å². The fourth-order valence-corrected chi connectivity index (χ4v) is 10.8. The van der Waals surface area contributed by atoms with Crippen molar-refractivity contribution in [3.63, 3.8) is 0 Å². The van der Waals surface area contributed by atoms with Gasteiger partial charge in [0.05, 0.1) is 19.1 Å². The second-order valence-electron chi connectivity index (χ2n) is 24.1. The number of aliphatic imine (C=N–C) groups is 3. The Balaban J connectivity index is 1.54. The summed E-state index contributed by atoms with van der Waals surface area (Å²) in [5.74, 6) is -9.23. The lowest BCUT2D eigenvalue weighted by Crippen LogP contribution is -2.64. The van der Waals surface area contributed by atoms with Crippen LogP contribution in [0.5, 0.6) is 5.75 Å². The number of aromatic hydroxyl groups is 1. The first kappa shape index (κ1) is 77.6. The monoisotopic (exact) mass is 1330 g/mol. The number of carbonyl (C=O) groups excluding carboxylic acids is 11. The molecule has 524 valence electrons. The average Bonchev–Trinajstić information content (AvgIpc) is 1.65. The molecule has 11 amide bonds. The van der Waals surface area contributed by atoms with Gasteiger partial charge in [0.15, 0.2) is 17.9 Å². The topological polar surface area (TPSA) is 591 Å². The maximum absolute atomic E-state index is 14.8. The molecular formula is C61H98N22O12. The molecule has 34 heteroatoms. The van der Waals surface area contributed by atoms with E-state index in [1.165, 1.54) is 24.0 Å². The Morgan fingerprint density at radius 2 is 1.08 bits per heavy atom. The maximum Gasteiger partial charge on any atom is 0.247 e. The summed E-state index contributed by atoms with van der Waals surface area (Å²) in [5, 5.41) is 33.4. The third-order valence-electron chi connectivity index (χ3n) is 15.8. The highest BCUT2D eigenvalue weighted by molar-refractivity contribution is 6.00. The van der Waals surface area contributed by atoms with Gasteiger partial charge in [0.25, 0.3) is 0 Å². The first-order valence-electron chi connectivity index (χ1n) is 31.8. The number of fused-ring (bicyclic) bond motifs is 1. The number of unbranched alkanes of at least 4 members (excludes halogenated alkanes) is 1. The van der Waals surface area contributed by atoms with Crippen LogP contribution < -0.4 is 99.5 Å². The number of nitrogens with one attached hydrogen (secondary N) is 9. The molecule has 2 aromatic rings. The van der Waals surface area contributed by atoms with Crippen molar-refractivity contribution in [2.45, 2.75) is 171 Å². The van der Waals surface area contributed by atoms with E-state index in [1.54, 1.807) is 50.2 Å². The summed E-state index contributed by atoms with van der Waals surface area (Å²) in [6.45, 7) is 4.37. The molecule has 2 aromatic carbocycles. The Morgan fingerprint density at radius 3 is 1.61 bits per heavy atom. The molecule has 1 saturated heterocycles. The Kier molecular flexibility index (Phi) is 31.8. The minimum absolute atomic E-state index is 0.00535. The van der Waals surface area contributed by atoms with Crippen molar-refractivity contribution in [1.29, 1.82) is 0 Å². The molecule has 1 aliphatic carbocycles. The van der Waals surface area contributed by atoms with E-state index in [9.17, 15) is 57.8 Å². The predicted octanol–water partition coefficient (Wildman–Crippen LogP) is -6.11. The summed E-state index contributed by atoms with van der Waals surface area (Å²) in [4.78, 5) is 166. The Morgan fingerprint density at radius 1 is 0.579 bits per heavy atom. The number of rotatable bonds is 40. The minimum Gasteiger partial charge on any atom is -0.508 e. The number of amides is 11. The fourth-order valence-electron chi connectivity index (χ4n) is 10.8. The summed E-state index contributed by atoms with van der Waals surface area (Å²) in [6, 6.07) is 3.29. The van der Waals surface area contributed by atoms with Gasteiger partial charge in [-0.1, -0.05) is 50.2 Å². The number of likely N-dealkylation sites (tertiary alicyclic amines) is 1. The van der Waals surface area contributed by atoms with Crippen molar-refractivity contribution in [2.24, 2.45) is 72.5 Å². The molecular weight excluding hydrogens is 1230 g/mol. The summed E-state index contributed by atoms with van der Waals surface area (Å²) in [7, 11) is 0. The number of nitrogens with two attached hydrogens (primary N) is 9.